The van der Waals surface area contributed by atoms with Crippen LogP contribution in [0.4, 0.5) is 0 Å². The van der Waals surface area contributed by atoms with Gasteiger partial charge in [-0.3, -0.25) is 0 Å². The lowest BCUT2D eigenvalue weighted by atomic mass is 9.64. The Morgan fingerprint density at radius 2 is 1.75 bits per heavy atom. The second-order valence-corrected chi connectivity index (χ2v) is 3.43. The zero-order valence-corrected chi connectivity index (χ0v) is 6.20. The Hall–Kier alpha value is -0.0400. The van der Waals surface area contributed by atoms with Gasteiger partial charge in [0.15, 0.2) is 0 Å². The van der Waals surface area contributed by atoms with Crippen molar-refractivity contribution < 1.29 is 0 Å². The standard InChI is InChI=1S/C7H14.H3N/c1-6-4-5-7(6,2)3;/h6H,4-5H2,1-3H3;1H3. The molecule has 1 fully saturated rings. The molecule has 0 aromatic rings. The summed E-state index contributed by atoms with van der Waals surface area (Å²) in [5.74, 6) is 0.979. The van der Waals surface area contributed by atoms with Crippen molar-refractivity contribution in [2.75, 3.05) is 0 Å². The van der Waals surface area contributed by atoms with Gasteiger partial charge in [-0.25, -0.2) is 0 Å². The molecule has 1 rings (SSSR count). The Bertz CT molecular complexity index is 76.5. The van der Waals surface area contributed by atoms with Gasteiger partial charge >= 0.3 is 0 Å². The molecule has 0 aromatic heterocycles. The molecule has 1 nitrogen and oxygen atoms in total. The molecule has 1 aliphatic carbocycles. The summed E-state index contributed by atoms with van der Waals surface area (Å²) < 4.78 is 0. The minimum atomic E-state index is 0. The molecule has 0 radical (unpaired) electrons. The highest BCUT2D eigenvalue weighted by Crippen LogP contribution is 2.45. The first-order valence-electron chi connectivity index (χ1n) is 3.13. The van der Waals surface area contributed by atoms with Gasteiger partial charge in [-0.15, -0.1) is 0 Å². The van der Waals surface area contributed by atoms with Crippen LogP contribution in [0.1, 0.15) is 33.6 Å². The third kappa shape index (κ3) is 1.03. The van der Waals surface area contributed by atoms with E-state index in [0.717, 1.165) is 5.92 Å². The maximum absolute atomic E-state index is 2.35. The van der Waals surface area contributed by atoms with Crippen molar-refractivity contribution in [1.29, 1.82) is 0 Å². The summed E-state index contributed by atoms with van der Waals surface area (Å²) in [6, 6.07) is 0. The molecule has 0 bridgehead atoms. The van der Waals surface area contributed by atoms with Crippen molar-refractivity contribution in [3.05, 3.63) is 0 Å². The minimum Gasteiger partial charge on any atom is -0.344 e. The molecule has 1 saturated carbocycles. The molecular weight excluding hydrogens is 98.1 g/mol. The lowest BCUT2D eigenvalue weighted by Gasteiger charge is -2.42. The van der Waals surface area contributed by atoms with Gasteiger partial charge in [-0.2, -0.15) is 0 Å². The number of hydrogen-bond donors (Lipinski definition) is 1. The molecule has 8 heavy (non-hydrogen) atoms. The molecule has 1 atom stereocenters. The lowest BCUT2D eigenvalue weighted by molar-refractivity contribution is 0.0892. The van der Waals surface area contributed by atoms with E-state index in [4.69, 9.17) is 0 Å². The Morgan fingerprint density at radius 3 is 1.75 bits per heavy atom. The molecule has 0 spiro atoms. The predicted molar refractivity (Wildman–Crippen MR) is 37.2 cm³/mol. The van der Waals surface area contributed by atoms with Crippen LogP contribution in [-0.2, 0) is 0 Å². The first-order chi connectivity index (χ1) is 3.13. The van der Waals surface area contributed by atoms with Gasteiger partial charge < -0.3 is 6.15 Å². The molecule has 0 heterocycles. The molecule has 1 aliphatic rings. The fraction of sp³-hybridized carbons (Fsp3) is 1.00. The van der Waals surface area contributed by atoms with Crippen LogP contribution in [0.2, 0.25) is 0 Å². The summed E-state index contributed by atoms with van der Waals surface area (Å²) in [6.45, 7) is 7.03. The molecule has 1 heteroatoms. The second kappa shape index (κ2) is 2.06. The Balaban J connectivity index is 0.000000490. The van der Waals surface area contributed by atoms with Crippen molar-refractivity contribution in [3.8, 4) is 0 Å². The first kappa shape index (κ1) is 7.96. The molecule has 3 N–H and O–H groups in total. The third-order valence-corrected chi connectivity index (χ3v) is 2.56. The van der Waals surface area contributed by atoms with Gasteiger partial charge in [0.1, 0.15) is 0 Å². The van der Waals surface area contributed by atoms with Gasteiger partial charge in [-0.1, -0.05) is 20.8 Å². The maximum atomic E-state index is 2.35. The molecule has 0 saturated heterocycles. The van der Waals surface area contributed by atoms with Gasteiger partial charge in [-0.05, 0) is 24.2 Å². The third-order valence-electron chi connectivity index (χ3n) is 2.56. The molecule has 0 amide bonds. The zero-order valence-electron chi connectivity index (χ0n) is 6.20. The SMILES string of the molecule is CC1CCC1(C)C.N. The molecule has 50 valence electrons. The van der Waals surface area contributed by atoms with Crippen LogP contribution >= 0.6 is 0 Å². The average Bonchev–Trinajstić information content (AvgIpc) is 1.63. The highest BCUT2D eigenvalue weighted by atomic mass is 14.4. The minimum absolute atomic E-state index is 0. The highest BCUT2D eigenvalue weighted by Gasteiger charge is 2.34. The largest absolute Gasteiger partial charge is 0.344 e. The molecular formula is C7H17N. The summed E-state index contributed by atoms with van der Waals surface area (Å²) in [5.41, 5.74) is 0.681. The van der Waals surface area contributed by atoms with Crippen LogP contribution in [0.3, 0.4) is 0 Å². The topological polar surface area (TPSA) is 35.0 Å². The summed E-state index contributed by atoms with van der Waals surface area (Å²) in [5, 5.41) is 0. The fourth-order valence-electron chi connectivity index (χ4n) is 1.01. The number of hydrogen-bond acceptors (Lipinski definition) is 1. The Morgan fingerprint density at radius 1 is 1.38 bits per heavy atom. The smallest absolute Gasteiger partial charge is 0.0328 e. The Kier molecular flexibility index (Phi) is 2.05. The average molecular weight is 115 g/mol. The van der Waals surface area contributed by atoms with E-state index >= 15 is 0 Å². The van der Waals surface area contributed by atoms with Crippen LogP contribution in [0, 0.1) is 11.3 Å². The second-order valence-electron chi connectivity index (χ2n) is 3.43. The van der Waals surface area contributed by atoms with Crippen LogP contribution in [0.5, 0.6) is 0 Å². The van der Waals surface area contributed by atoms with Crippen LogP contribution in [0.15, 0.2) is 0 Å². The van der Waals surface area contributed by atoms with E-state index in [1.807, 2.05) is 0 Å². The molecule has 1 unspecified atom stereocenters. The van der Waals surface area contributed by atoms with E-state index in [0.29, 0.717) is 5.41 Å². The van der Waals surface area contributed by atoms with E-state index in [-0.39, 0.29) is 6.15 Å². The van der Waals surface area contributed by atoms with E-state index in [2.05, 4.69) is 20.8 Å². The van der Waals surface area contributed by atoms with Crippen molar-refractivity contribution in [1.82, 2.24) is 6.15 Å². The van der Waals surface area contributed by atoms with Crippen LogP contribution in [0.25, 0.3) is 0 Å². The van der Waals surface area contributed by atoms with E-state index in [9.17, 15) is 0 Å². The van der Waals surface area contributed by atoms with E-state index in [1.165, 1.54) is 12.8 Å². The quantitative estimate of drug-likeness (QED) is 0.517. The van der Waals surface area contributed by atoms with Crippen LogP contribution < -0.4 is 6.15 Å². The van der Waals surface area contributed by atoms with Crippen molar-refractivity contribution >= 4 is 0 Å². The fourth-order valence-corrected chi connectivity index (χ4v) is 1.01. The lowest BCUT2D eigenvalue weighted by Crippen LogP contribution is -2.31. The molecule has 0 aromatic carbocycles. The predicted octanol–water partition coefficient (Wildman–Crippen LogP) is 2.60. The number of rotatable bonds is 0. The van der Waals surface area contributed by atoms with Crippen LogP contribution in [-0.4, -0.2) is 0 Å². The maximum Gasteiger partial charge on any atom is -0.0328 e. The van der Waals surface area contributed by atoms with Gasteiger partial charge in [0, 0.05) is 0 Å². The first-order valence-corrected chi connectivity index (χ1v) is 3.13. The van der Waals surface area contributed by atoms with E-state index in [1.54, 1.807) is 0 Å². The monoisotopic (exact) mass is 115 g/mol. The zero-order chi connectivity index (χ0) is 5.49. The van der Waals surface area contributed by atoms with E-state index < -0.39 is 0 Å². The summed E-state index contributed by atoms with van der Waals surface area (Å²) in [6.07, 6.45) is 2.89. The van der Waals surface area contributed by atoms with Crippen molar-refractivity contribution in [2.45, 2.75) is 33.6 Å². The molecule has 0 aliphatic heterocycles. The van der Waals surface area contributed by atoms with Crippen molar-refractivity contribution in [3.63, 3.8) is 0 Å². The normalized spacial score (nSPS) is 32.6. The summed E-state index contributed by atoms with van der Waals surface area (Å²) >= 11 is 0. The van der Waals surface area contributed by atoms with Gasteiger partial charge in [0.05, 0.1) is 0 Å². The van der Waals surface area contributed by atoms with Crippen molar-refractivity contribution in [2.24, 2.45) is 11.3 Å². The van der Waals surface area contributed by atoms with Gasteiger partial charge in [0.2, 0.25) is 0 Å². The van der Waals surface area contributed by atoms with Gasteiger partial charge in [0.25, 0.3) is 0 Å². The highest BCUT2D eigenvalue weighted by molar-refractivity contribution is 4.84. The summed E-state index contributed by atoms with van der Waals surface area (Å²) in [7, 11) is 0. The Labute approximate surface area is 52.1 Å². The summed E-state index contributed by atoms with van der Waals surface area (Å²) in [4.78, 5) is 0.